The van der Waals surface area contributed by atoms with Crippen LogP contribution in [0.25, 0.3) is 0 Å². The lowest BCUT2D eigenvalue weighted by atomic mass is 10.4. The molecule has 8 heteroatoms. The maximum Gasteiger partial charge on any atom is 0.335 e. The Kier molecular flexibility index (Phi) is 7.61. The summed E-state index contributed by atoms with van der Waals surface area (Å²) in [6.45, 7) is 1.59. The summed E-state index contributed by atoms with van der Waals surface area (Å²) in [6, 6.07) is 0. The molecule has 0 aromatic heterocycles. The van der Waals surface area contributed by atoms with Gasteiger partial charge in [-0.1, -0.05) is 15.9 Å². The Labute approximate surface area is 119 Å². The summed E-state index contributed by atoms with van der Waals surface area (Å²) in [6.07, 6.45) is 0.163. The molecule has 0 aliphatic carbocycles. The summed E-state index contributed by atoms with van der Waals surface area (Å²) < 4.78 is 10.3. The van der Waals surface area contributed by atoms with E-state index in [1.807, 2.05) is 0 Å². The Bertz CT molecular complexity index is 319. The van der Waals surface area contributed by atoms with Gasteiger partial charge in [0.1, 0.15) is 0 Å². The lowest BCUT2D eigenvalue weighted by Gasteiger charge is -2.12. The first kappa shape index (κ1) is 16.1. The highest BCUT2D eigenvalue weighted by Gasteiger charge is 2.32. The van der Waals surface area contributed by atoms with Gasteiger partial charge >= 0.3 is 5.97 Å². The minimum Gasteiger partial charge on any atom is -0.378 e. The van der Waals surface area contributed by atoms with Crippen LogP contribution >= 0.6 is 15.9 Å². The first-order valence-electron chi connectivity index (χ1n) is 5.93. The van der Waals surface area contributed by atoms with E-state index < -0.39 is 17.8 Å². The number of amides is 2. The molecule has 2 amide bonds. The van der Waals surface area contributed by atoms with Crippen LogP contribution in [0, 0.1) is 0 Å². The van der Waals surface area contributed by atoms with Gasteiger partial charge in [0.15, 0.2) is 0 Å². The summed E-state index contributed by atoms with van der Waals surface area (Å²) in [7, 11) is 0. The number of hydrogen-bond donors (Lipinski definition) is 0. The number of carbonyl (C=O) groups is 3. The van der Waals surface area contributed by atoms with Crippen LogP contribution in [0.5, 0.6) is 0 Å². The van der Waals surface area contributed by atoms with Gasteiger partial charge in [0, 0.05) is 18.2 Å². The van der Waals surface area contributed by atoms with Crippen molar-refractivity contribution in [2.75, 3.05) is 31.8 Å². The molecule has 1 saturated heterocycles. The zero-order valence-electron chi connectivity index (χ0n) is 10.4. The molecule has 0 bridgehead atoms. The molecule has 0 atom stereocenters. The molecule has 0 aromatic rings. The van der Waals surface area contributed by atoms with Crippen molar-refractivity contribution in [1.82, 2.24) is 5.06 Å². The highest BCUT2D eigenvalue weighted by Crippen LogP contribution is 2.12. The van der Waals surface area contributed by atoms with Gasteiger partial charge in [-0.3, -0.25) is 9.59 Å². The zero-order chi connectivity index (χ0) is 14.1. The van der Waals surface area contributed by atoms with E-state index in [9.17, 15) is 14.4 Å². The van der Waals surface area contributed by atoms with E-state index >= 15 is 0 Å². The Morgan fingerprint density at radius 3 is 2.21 bits per heavy atom. The van der Waals surface area contributed by atoms with E-state index in [-0.39, 0.29) is 25.9 Å². The van der Waals surface area contributed by atoms with Crippen LogP contribution in [-0.2, 0) is 28.7 Å². The summed E-state index contributed by atoms with van der Waals surface area (Å²) >= 11 is 3.22. The van der Waals surface area contributed by atoms with Crippen molar-refractivity contribution in [2.24, 2.45) is 0 Å². The third-order valence-electron chi connectivity index (χ3n) is 2.24. The third kappa shape index (κ3) is 6.13. The predicted octanol–water partition coefficient (Wildman–Crippen LogP) is 0.412. The number of imide groups is 1. The fraction of sp³-hybridized carbons (Fsp3) is 0.727. The lowest BCUT2D eigenvalue weighted by Crippen LogP contribution is -2.32. The quantitative estimate of drug-likeness (QED) is 0.344. The molecule has 7 nitrogen and oxygen atoms in total. The first-order chi connectivity index (χ1) is 9.15. The fourth-order valence-electron chi connectivity index (χ4n) is 1.34. The van der Waals surface area contributed by atoms with Crippen LogP contribution in [0.2, 0.25) is 0 Å². The molecule has 1 aliphatic rings. The normalized spacial score (nSPS) is 15.1. The number of alkyl halides is 1. The number of halogens is 1. The summed E-state index contributed by atoms with van der Waals surface area (Å²) in [5.74, 6) is -1.63. The minimum absolute atomic E-state index is 0.0183. The number of hydroxylamine groups is 2. The van der Waals surface area contributed by atoms with Crippen LogP contribution in [0.15, 0.2) is 0 Å². The van der Waals surface area contributed by atoms with Crippen LogP contribution in [0.3, 0.4) is 0 Å². The summed E-state index contributed by atoms with van der Waals surface area (Å²) in [5.41, 5.74) is 0. The average Bonchev–Trinajstić information content (AvgIpc) is 2.69. The van der Waals surface area contributed by atoms with E-state index in [2.05, 4.69) is 20.8 Å². The number of hydrogen-bond acceptors (Lipinski definition) is 6. The lowest BCUT2D eigenvalue weighted by molar-refractivity contribution is -0.198. The highest BCUT2D eigenvalue weighted by molar-refractivity contribution is 9.09. The van der Waals surface area contributed by atoms with E-state index in [1.165, 1.54) is 0 Å². The number of carbonyl (C=O) groups excluding carboxylic acids is 3. The maximum atomic E-state index is 11.3. The predicted molar refractivity (Wildman–Crippen MR) is 67.2 cm³/mol. The number of nitrogens with zero attached hydrogens (tertiary/aromatic N) is 1. The van der Waals surface area contributed by atoms with Gasteiger partial charge in [-0.2, -0.15) is 0 Å². The number of rotatable bonds is 9. The molecule has 0 unspecified atom stereocenters. The van der Waals surface area contributed by atoms with Crippen molar-refractivity contribution in [3.63, 3.8) is 0 Å². The van der Waals surface area contributed by atoms with E-state index in [4.69, 9.17) is 9.47 Å². The largest absolute Gasteiger partial charge is 0.378 e. The Hall–Kier alpha value is -0.990. The topological polar surface area (TPSA) is 82.1 Å². The van der Waals surface area contributed by atoms with Crippen molar-refractivity contribution >= 4 is 33.7 Å². The van der Waals surface area contributed by atoms with Gasteiger partial charge in [0.2, 0.25) is 0 Å². The Morgan fingerprint density at radius 2 is 1.63 bits per heavy atom. The molecular weight excluding hydrogens is 322 g/mol. The summed E-state index contributed by atoms with van der Waals surface area (Å²) in [4.78, 5) is 38.3. The van der Waals surface area contributed by atoms with Crippen LogP contribution in [0.4, 0.5) is 0 Å². The SMILES string of the molecule is O=C(CCOCCOCCBr)ON1C(=O)CCC1=O. The monoisotopic (exact) mass is 337 g/mol. The molecule has 0 radical (unpaired) electrons. The second kappa shape index (κ2) is 9.00. The van der Waals surface area contributed by atoms with Crippen LogP contribution in [0.1, 0.15) is 19.3 Å². The van der Waals surface area contributed by atoms with Crippen LogP contribution in [-0.4, -0.2) is 54.6 Å². The van der Waals surface area contributed by atoms with Gasteiger partial charge < -0.3 is 14.3 Å². The molecular formula is C11H16BrNO6. The minimum atomic E-state index is -0.662. The molecule has 0 spiro atoms. The highest BCUT2D eigenvalue weighted by atomic mass is 79.9. The second-order valence-electron chi connectivity index (χ2n) is 3.71. The number of ether oxygens (including phenoxy) is 2. The Balaban J connectivity index is 2.05. The van der Waals surface area contributed by atoms with E-state index in [1.54, 1.807) is 0 Å². The molecule has 0 aromatic carbocycles. The molecule has 1 fully saturated rings. The van der Waals surface area contributed by atoms with Crippen molar-refractivity contribution in [2.45, 2.75) is 19.3 Å². The first-order valence-corrected chi connectivity index (χ1v) is 7.05. The average molecular weight is 338 g/mol. The van der Waals surface area contributed by atoms with Crippen LogP contribution < -0.4 is 0 Å². The Morgan fingerprint density at radius 1 is 1.05 bits per heavy atom. The molecule has 1 heterocycles. The van der Waals surface area contributed by atoms with Gasteiger partial charge in [-0.15, -0.1) is 5.06 Å². The van der Waals surface area contributed by atoms with Gasteiger partial charge in [0.25, 0.3) is 11.8 Å². The second-order valence-corrected chi connectivity index (χ2v) is 4.50. The van der Waals surface area contributed by atoms with E-state index in [0.29, 0.717) is 24.9 Å². The van der Waals surface area contributed by atoms with Crippen molar-refractivity contribution < 1.29 is 28.7 Å². The molecule has 0 saturated carbocycles. The molecule has 1 aliphatic heterocycles. The maximum absolute atomic E-state index is 11.3. The summed E-state index contributed by atoms with van der Waals surface area (Å²) in [5, 5.41) is 1.29. The molecule has 0 N–H and O–H groups in total. The fourth-order valence-corrected chi connectivity index (χ4v) is 1.57. The third-order valence-corrected chi connectivity index (χ3v) is 2.57. The van der Waals surface area contributed by atoms with Gasteiger partial charge in [-0.05, 0) is 0 Å². The van der Waals surface area contributed by atoms with Crippen molar-refractivity contribution in [3.05, 3.63) is 0 Å². The smallest absolute Gasteiger partial charge is 0.335 e. The zero-order valence-corrected chi connectivity index (χ0v) is 12.0. The van der Waals surface area contributed by atoms with Gasteiger partial charge in [0.05, 0.1) is 32.8 Å². The van der Waals surface area contributed by atoms with E-state index in [0.717, 1.165) is 5.33 Å². The molecule has 108 valence electrons. The van der Waals surface area contributed by atoms with Crippen molar-refractivity contribution in [1.29, 1.82) is 0 Å². The molecule has 1 rings (SSSR count). The van der Waals surface area contributed by atoms with Gasteiger partial charge in [-0.25, -0.2) is 4.79 Å². The standard InChI is InChI=1S/C11H16BrNO6/c12-4-6-18-8-7-17-5-3-11(16)19-13-9(14)1-2-10(13)15/h1-8H2. The van der Waals surface area contributed by atoms with Crippen molar-refractivity contribution in [3.8, 4) is 0 Å². The molecule has 19 heavy (non-hydrogen) atoms.